The van der Waals surface area contributed by atoms with Crippen LogP contribution in [0.5, 0.6) is 0 Å². The normalized spacial score (nSPS) is 13.2. The molecule has 0 fully saturated rings. The average molecular weight is 312 g/mol. The summed E-state index contributed by atoms with van der Waals surface area (Å²) in [6, 6.07) is 0. The molecule has 1 aromatic heterocycles. The molecule has 2 N–H and O–H groups in total. The van der Waals surface area contributed by atoms with Crippen LogP contribution in [0, 0.1) is 18.8 Å². The molecule has 1 rings (SSSR count). The first kappa shape index (κ1) is 18.4. The highest BCUT2D eigenvalue weighted by atomic mass is 16.6. The van der Waals surface area contributed by atoms with Crippen molar-refractivity contribution in [3.63, 3.8) is 0 Å². The third-order valence-electron chi connectivity index (χ3n) is 3.11. The minimum Gasteiger partial charge on any atom is -0.444 e. The molecule has 126 valence electrons. The van der Waals surface area contributed by atoms with E-state index in [1.54, 1.807) is 6.92 Å². The summed E-state index contributed by atoms with van der Waals surface area (Å²) in [7, 11) is 0. The Bertz CT molecular complexity index is 466. The van der Waals surface area contributed by atoms with Crippen LogP contribution in [-0.2, 0) is 11.3 Å². The molecule has 1 unspecified atom stereocenters. The number of hydrogen-bond donors (Lipinski definition) is 2. The Morgan fingerprint density at radius 2 is 2.00 bits per heavy atom. The molecule has 0 bridgehead atoms. The fourth-order valence-electron chi connectivity index (χ4n) is 1.85. The van der Waals surface area contributed by atoms with Crippen LogP contribution in [0.1, 0.15) is 46.3 Å². The van der Waals surface area contributed by atoms with Gasteiger partial charge in [-0.3, -0.25) is 0 Å². The van der Waals surface area contributed by atoms with Crippen molar-refractivity contribution < 1.29 is 14.1 Å². The molecule has 0 spiro atoms. The molecule has 22 heavy (non-hydrogen) atoms. The van der Waals surface area contributed by atoms with Gasteiger partial charge in [0.2, 0.25) is 5.89 Å². The minimum absolute atomic E-state index is 0.292. The Morgan fingerprint density at radius 1 is 1.32 bits per heavy atom. The van der Waals surface area contributed by atoms with Gasteiger partial charge in [-0.1, -0.05) is 19.0 Å². The standard InChI is InChI=1S/C15H28N4O3/c1-10(2)12(8-17-14(20)21-15(4,5)6)7-16-9-13-18-11(3)22-19-13/h10,12,16H,7-9H2,1-6H3,(H,17,20). The van der Waals surface area contributed by atoms with Gasteiger partial charge >= 0.3 is 6.09 Å². The van der Waals surface area contributed by atoms with E-state index in [1.165, 1.54) is 0 Å². The van der Waals surface area contributed by atoms with E-state index in [2.05, 4.69) is 34.6 Å². The number of hydrogen-bond acceptors (Lipinski definition) is 6. The topological polar surface area (TPSA) is 89.3 Å². The Balaban J connectivity index is 2.34. The second-order valence-electron chi connectivity index (χ2n) is 6.75. The van der Waals surface area contributed by atoms with Crippen LogP contribution in [0.15, 0.2) is 4.52 Å². The number of nitrogens with one attached hydrogen (secondary N) is 2. The van der Waals surface area contributed by atoms with Crippen molar-refractivity contribution in [1.29, 1.82) is 0 Å². The Morgan fingerprint density at radius 3 is 2.50 bits per heavy atom. The summed E-state index contributed by atoms with van der Waals surface area (Å²) in [5.74, 6) is 1.92. The van der Waals surface area contributed by atoms with Crippen molar-refractivity contribution in [2.45, 2.75) is 53.7 Å². The van der Waals surface area contributed by atoms with E-state index >= 15 is 0 Å². The second-order valence-corrected chi connectivity index (χ2v) is 6.75. The van der Waals surface area contributed by atoms with Gasteiger partial charge in [0.15, 0.2) is 5.82 Å². The summed E-state index contributed by atoms with van der Waals surface area (Å²) in [5, 5.41) is 9.95. The summed E-state index contributed by atoms with van der Waals surface area (Å²) in [6.07, 6.45) is -0.382. The van der Waals surface area contributed by atoms with E-state index in [9.17, 15) is 4.79 Å². The van der Waals surface area contributed by atoms with Gasteiger partial charge in [0.25, 0.3) is 0 Å². The Kier molecular flexibility index (Phi) is 6.80. The summed E-state index contributed by atoms with van der Waals surface area (Å²) in [6.45, 7) is 13.4. The summed E-state index contributed by atoms with van der Waals surface area (Å²) >= 11 is 0. The van der Waals surface area contributed by atoms with Crippen molar-refractivity contribution in [2.24, 2.45) is 11.8 Å². The number of amides is 1. The van der Waals surface area contributed by atoms with Gasteiger partial charge in [0.05, 0.1) is 6.54 Å². The maximum atomic E-state index is 11.7. The van der Waals surface area contributed by atoms with Crippen molar-refractivity contribution >= 4 is 6.09 Å². The van der Waals surface area contributed by atoms with E-state index in [0.717, 1.165) is 6.54 Å². The molecule has 1 atom stereocenters. The van der Waals surface area contributed by atoms with Gasteiger partial charge in [0.1, 0.15) is 5.60 Å². The van der Waals surface area contributed by atoms with Gasteiger partial charge in [0, 0.05) is 20.0 Å². The number of aryl methyl sites for hydroxylation is 1. The predicted octanol–water partition coefficient (Wildman–Crippen LogP) is 2.26. The first-order valence-electron chi connectivity index (χ1n) is 7.64. The van der Waals surface area contributed by atoms with Gasteiger partial charge in [-0.15, -0.1) is 0 Å². The smallest absolute Gasteiger partial charge is 0.407 e. The van der Waals surface area contributed by atoms with Crippen molar-refractivity contribution in [3.05, 3.63) is 11.7 Å². The molecule has 0 aliphatic carbocycles. The largest absolute Gasteiger partial charge is 0.444 e. The maximum Gasteiger partial charge on any atom is 0.407 e. The summed E-state index contributed by atoms with van der Waals surface area (Å²) in [4.78, 5) is 15.8. The third-order valence-corrected chi connectivity index (χ3v) is 3.11. The van der Waals surface area contributed by atoms with Crippen molar-refractivity contribution in [1.82, 2.24) is 20.8 Å². The van der Waals surface area contributed by atoms with Crippen LogP contribution >= 0.6 is 0 Å². The maximum absolute atomic E-state index is 11.7. The van der Waals surface area contributed by atoms with Crippen LogP contribution in [0.2, 0.25) is 0 Å². The molecule has 1 aromatic rings. The van der Waals surface area contributed by atoms with Crippen LogP contribution in [0.4, 0.5) is 4.79 Å². The van der Waals surface area contributed by atoms with E-state index in [-0.39, 0.29) is 6.09 Å². The molecule has 1 amide bonds. The molecule has 0 aromatic carbocycles. The zero-order valence-electron chi connectivity index (χ0n) is 14.4. The first-order chi connectivity index (χ1) is 10.2. The minimum atomic E-state index is -0.480. The van der Waals surface area contributed by atoms with E-state index < -0.39 is 5.60 Å². The number of rotatable bonds is 7. The zero-order valence-corrected chi connectivity index (χ0v) is 14.4. The highest BCUT2D eigenvalue weighted by Crippen LogP contribution is 2.10. The molecule has 0 aliphatic rings. The SMILES string of the molecule is Cc1nc(CNCC(CNC(=O)OC(C)(C)C)C(C)C)no1. The van der Waals surface area contributed by atoms with Gasteiger partial charge < -0.3 is 19.9 Å². The van der Waals surface area contributed by atoms with Gasteiger partial charge in [-0.25, -0.2) is 4.79 Å². The number of carbonyl (C=O) groups excluding carboxylic acids is 1. The molecule has 7 heteroatoms. The lowest BCUT2D eigenvalue weighted by atomic mass is 9.96. The quantitative estimate of drug-likeness (QED) is 0.803. The lowest BCUT2D eigenvalue weighted by molar-refractivity contribution is 0.0515. The van der Waals surface area contributed by atoms with Crippen LogP contribution in [0.3, 0.4) is 0 Å². The van der Waals surface area contributed by atoms with Crippen LogP contribution in [0.25, 0.3) is 0 Å². The molecule has 0 radical (unpaired) electrons. The second kappa shape index (κ2) is 8.12. The fourth-order valence-corrected chi connectivity index (χ4v) is 1.85. The third kappa shape index (κ3) is 7.40. The van der Waals surface area contributed by atoms with E-state index in [4.69, 9.17) is 9.26 Å². The molecular weight excluding hydrogens is 284 g/mol. The van der Waals surface area contributed by atoms with E-state index in [0.29, 0.717) is 36.6 Å². The molecule has 0 aliphatic heterocycles. The molecule has 0 saturated carbocycles. The van der Waals surface area contributed by atoms with Crippen LogP contribution in [-0.4, -0.2) is 34.9 Å². The Hall–Kier alpha value is -1.63. The monoisotopic (exact) mass is 312 g/mol. The number of alkyl carbamates (subject to hydrolysis) is 1. The highest BCUT2D eigenvalue weighted by molar-refractivity contribution is 5.67. The molecule has 7 nitrogen and oxygen atoms in total. The highest BCUT2D eigenvalue weighted by Gasteiger charge is 2.19. The molecule has 0 saturated heterocycles. The number of carbonyl (C=O) groups is 1. The number of aromatic nitrogens is 2. The van der Waals surface area contributed by atoms with Crippen molar-refractivity contribution in [2.75, 3.05) is 13.1 Å². The first-order valence-corrected chi connectivity index (χ1v) is 7.64. The predicted molar refractivity (Wildman–Crippen MR) is 83.3 cm³/mol. The lowest BCUT2D eigenvalue weighted by Gasteiger charge is -2.24. The Labute approximate surface area is 132 Å². The number of ether oxygens (including phenoxy) is 1. The molecular formula is C15H28N4O3. The summed E-state index contributed by atoms with van der Waals surface area (Å²) in [5.41, 5.74) is -0.480. The van der Waals surface area contributed by atoms with Crippen LogP contribution < -0.4 is 10.6 Å². The zero-order chi connectivity index (χ0) is 16.8. The fraction of sp³-hybridized carbons (Fsp3) is 0.800. The van der Waals surface area contributed by atoms with Gasteiger partial charge in [-0.2, -0.15) is 4.98 Å². The summed E-state index contributed by atoms with van der Waals surface area (Å²) < 4.78 is 10.2. The van der Waals surface area contributed by atoms with Gasteiger partial charge in [-0.05, 0) is 32.6 Å². The average Bonchev–Trinajstić information content (AvgIpc) is 2.76. The molecule has 1 heterocycles. The lowest BCUT2D eigenvalue weighted by Crippen LogP contribution is -2.39. The van der Waals surface area contributed by atoms with E-state index in [1.807, 2.05) is 20.8 Å². The number of nitrogens with zero attached hydrogens (tertiary/aromatic N) is 2. The van der Waals surface area contributed by atoms with Crippen molar-refractivity contribution in [3.8, 4) is 0 Å².